The minimum atomic E-state index is -4.00. The number of hydrogen-bond donors (Lipinski definition) is 0. The van der Waals surface area contributed by atoms with Crippen LogP contribution in [0, 0.1) is 0 Å². The van der Waals surface area contributed by atoms with Gasteiger partial charge in [0.2, 0.25) is 0 Å². The Bertz CT molecular complexity index is 1780. The van der Waals surface area contributed by atoms with Gasteiger partial charge < -0.3 is 0 Å². The van der Waals surface area contributed by atoms with Crippen molar-refractivity contribution in [2.45, 2.75) is 76.0 Å². The zero-order valence-corrected chi connectivity index (χ0v) is 35.2. The average molecular weight is 749 g/mol. The maximum atomic E-state index is 7.93. The fourth-order valence-electron chi connectivity index (χ4n) is 7.33. The van der Waals surface area contributed by atoms with E-state index in [2.05, 4.69) is 139 Å². The Morgan fingerprint density at radius 3 is 2.05 bits per heavy atom. The number of allylic oxidation sites excluding steroid dienone is 1. The van der Waals surface area contributed by atoms with E-state index in [9.17, 15) is 0 Å². The molecule has 1 unspecified atom stereocenters. The molecule has 0 nitrogen and oxygen atoms in total. The van der Waals surface area contributed by atoms with Gasteiger partial charge in [-0.2, -0.15) is 0 Å². The monoisotopic (exact) mass is 746 g/mol. The average Bonchev–Trinajstić information content (AvgIpc) is 3.54. The quantitative estimate of drug-likeness (QED) is 0.147. The van der Waals surface area contributed by atoms with E-state index in [1.165, 1.54) is 58.2 Å². The summed E-state index contributed by atoms with van der Waals surface area (Å²) in [5.41, 5.74) is 11.2. The third-order valence-electron chi connectivity index (χ3n) is 9.88. The van der Waals surface area contributed by atoms with Crippen LogP contribution in [0.15, 0.2) is 78.4 Å². The molecule has 4 aromatic carbocycles. The molecule has 1 aliphatic carbocycles. The van der Waals surface area contributed by atoms with Gasteiger partial charge in [0, 0.05) is 0 Å². The van der Waals surface area contributed by atoms with Crippen molar-refractivity contribution in [3.63, 3.8) is 0 Å². The molecule has 0 saturated heterocycles. The Hall–Kier alpha value is -1.27. The van der Waals surface area contributed by atoms with Gasteiger partial charge in [-0.3, -0.25) is 0 Å². The third-order valence-corrected chi connectivity index (χ3v) is 28.3. The summed E-state index contributed by atoms with van der Waals surface area (Å²) in [6.45, 7) is 21.8. The zero-order chi connectivity index (χ0) is 31.8. The molecule has 6 rings (SSSR count). The Labute approximate surface area is 281 Å². The van der Waals surface area contributed by atoms with E-state index in [1.54, 1.807) is 10.4 Å². The topological polar surface area (TPSA) is 0 Å². The molecule has 0 saturated carbocycles. The van der Waals surface area contributed by atoms with E-state index in [0.29, 0.717) is 5.92 Å². The molecule has 6 heteroatoms. The third kappa shape index (κ3) is 5.65. The first kappa shape index (κ1) is 32.7. The maximum absolute atomic E-state index is 7.93. The van der Waals surface area contributed by atoms with Crippen molar-refractivity contribution in [3.8, 4) is 22.3 Å². The molecule has 44 heavy (non-hydrogen) atoms. The summed E-state index contributed by atoms with van der Waals surface area (Å²) in [5.74, 6) is 0.417. The van der Waals surface area contributed by atoms with Crippen LogP contribution in [-0.2, 0) is 17.9 Å². The van der Waals surface area contributed by atoms with Crippen LogP contribution < -0.4 is 24.0 Å². The van der Waals surface area contributed by atoms with Gasteiger partial charge in [-0.05, 0) is 0 Å². The number of benzene rings is 4. The minimum absolute atomic E-state index is 0.119. The summed E-state index contributed by atoms with van der Waals surface area (Å²) in [6.07, 6.45) is 3.47. The van der Waals surface area contributed by atoms with Gasteiger partial charge >= 0.3 is 284 Å². The van der Waals surface area contributed by atoms with Crippen molar-refractivity contribution in [2.24, 2.45) is 0 Å². The standard InChI is InChI=1S/C26H37Si2.C12H9Si.2ClH.Zr/c1-10-19-13-20-11-12-24(18(2)3)26(25(20)14-19)21-15-22(27(4,5)6)17-23(16-21)28(7,8)9;1-3-7-11-9(5-1)10-6-2-4-8-12(10)13-11;;;/h11-18H,10H2,1-9H3;1-7H,13H2;2*1H;/q;;;;+2/p-2. The summed E-state index contributed by atoms with van der Waals surface area (Å²) in [5, 5.41) is 6.14. The Kier molecular flexibility index (Phi) is 8.73. The Morgan fingerprint density at radius 2 is 1.43 bits per heavy atom. The van der Waals surface area contributed by atoms with Crippen LogP contribution in [0.5, 0.6) is 0 Å². The predicted molar refractivity (Wildman–Crippen MR) is 204 cm³/mol. The van der Waals surface area contributed by atoms with Gasteiger partial charge in [0.25, 0.3) is 0 Å². The van der Waals surface area contributed by atoms with Gasteiger partial charge in [0.15, 0.2) is 0 Å². The number of rotatable bonds is 7. The van der Waals surface area contributed by atoms with E-state index in [4.69, 9.17) is 17.0 Å². The van der Waals surface area contributed by atoms with Crippen LogP contribution >= 0.6 is 17.0 Å². The summed E-state index contributed by atoms with van der Waals surface area (Å²) in [4.78, 5) is 0. The van der Waals surface area contributed by atoms with Crippen LogP contribution in [-0.4, -0.2) is 25.7 Å². The molecule has 0 radical (unpaired) electrons. The molecule has 2 aliphatic rings. The van der Waals surface area contributed by atoms with Gasteiger partial charge in [0.05, 0.1) is 0 Å². The summed E-state index contributed by atoms with van der Waals surface area (Å²) in [6, 6.07) is 28.2. The van der Waals surface area contributed by atoms with Crippen molar-refractivity contribution < 1.29 is 17.9 Å². The second-order valence-corrected chi connectivity index (χ2v) is 41.3. The van der Waals surface area contributed by atoms with Crippen LogP contribution in [0.2, 0.25) is 39.3 Å². The number of halogens is 2. The van der Waals surface area contributed by atoms with Crippen molar-refractivity contribution >= 4 is 72.8 Å². The fourth-order valence-corrected chi connectivity index (χ4v) is 26.8. The first-order valence-corrected chi connectivity index (χ1v) is 33.6. The SMILES string of the molecule is CCC1=Cc2c(ccc(C(C)C)c2-c2cc([Si](C)(C)C)cc([Si](C)(C)C)c2)[CH]1[Zr]([Cl])([Cl])[c]1cccc2c1[SiH2]c1ccccc1-2. The summed E-state index contributed by atoms with van der Waals surface area (Å²) < 4.78 is 1.44. The second-order valence-electron chi connectivity index (χ2n) is 15.3. The Balaban J connectivity index is 1.57. The summed E-state index contributed by atoms with van der Waals surface area (Å²) in [7, 11) is 12.2. The van der Waals surface area contributed by atoms with E-state index in [-0.39, 0.29) is 3.63 Å². The fraction of sp³-hybridized carbons (Fsp3) is 0.316. The normalized spacial score (nSPS) is 16.7. The molecule has 0 fully saturated rings. The van der Waals surface area contributed by atoms with Crippen molar-refractivity contribution in [3.05, 3.63) is 95.1 Å². The molecule has 1 aliphatic heterocycles. The number of fused-ring (bicyclic) bond motifs is 4. The second kappa shape index (κ2) is 11.8. The predicted octanol–water partition coefficient (Wildman–Crippen LogP) is 8.30. The Morgan fingerprint density at radius 1 is 0.795 bits per heavy atom. The molecule has 228 valence electrons. The summed E-state index contributed by atoms with van der Waals surface area (Å²) >= 11 is -4.00. The number of hydrogen-bond acceptors (Lipinski definition) is 0. The van der Waals surface area contributed by atoms with Gasteiger partial charge in [-0.1, -0.05) is 0 Å². The van der Waals surface area contributed by atoms with E-state index < -0.39 is 43.5 Å². The van der Waals surface area contributed by atoms with Gasteiger partial charge in [0.1, 0.15) is 0 Å². The molecule has 1 heterocycles. The zero-order valence-electron chi connectivity index (χ0n) is 27.8. The van der Waals surface area contributed by atoms with E-state index >= 15 is 0 Å². The molecule has 0 N–H and O–H groups in total. The van der Waals surface area contributed by atoms with Crippen LogP contribution in [0.3, 0.4) is 0 Å². The molecule has 4 aromatic rings. The van der Waals surface area contributed by atoms with Crippen molar-refractivity contribution in [1.29, 1.82) is 0 Å². The van der Waals surface area contributed by atoms with Gasteiger partial charge in [-0.15, -0.1) is 0 Å². The first-order valence-electron chi connectivity index (χ1n) is 16.2. The first-order chi connectivity index (χ1) is 20.6. The molecule has 0 spiro atoms. The molecular formula is C38H46Cl2Si3Zr. The van der Waals surface area contributed by atoms with Crippen LogP contribution in [0.1, 0.15) is 53.4 Å². The van der Waals surface area contributed by atoms with Gasteiger partial charge in [-0.25, -0.2) is 0 Å². The van der Waals surface area contributed by atoms with Crippen molar-refractivity contribution in [2.75, 3.05) is 0 Å². The molecule has 0 bridgehead atoms. The van der Waals surface area contributed by atoms with Crippen molar-refractivity contribution in [1.82, 2.24) is 0 Å². The van der Waals surface area contributed by atoms with Crippen LogP contribution in [0.4, 0.5) is 0 Å². The molecule has 1 atom stereocenters. The van der Waals surface area contributed by atoms with E-state index in [0.717, 1.165) is 6.42 Å². The molecule has 0 amide bonds. The van der Waals surface area contributed by atoms with E-state index in [1.807, 2.05) is 0 Å². The molecular weight excluding hydrogens is 703 g/mol. The van der Waals surface area contributed by atoms with Crippen LogP contribution in [0.25, 0.3) is 28.3 Å². The molecule has 0 aromatic heterocycles.